The van der Waals surface area contributed by atoms with Crippen molar-refractivity contribution >= 4 is 17.7 Å². The van der Waals surface area contributed by atoms with Crippen molar-refractivity contribution in [3.63, 3.8) is 0 Å². The lowest BCUT2D eigenvalue weighted by Crippen LogP contribution is -2.68. The highest BCUT2D eigenvalue weighted by Gasteiger charge is 2.57. The summed E-state index contributed by atoms with van der Waals surface area (Å²) in [5, 5.41) is 0. The Morgan fingerprint density at radius 1 is 1.00 bits per heavy atom. The largest absolute Gasteiger partial charge is 0.342 e. The molecule has 2 saturated heterocycles. The number of likely N-dealkylation sites (tertiary alicyclic amines) is 2. The number of amides is 3. The maximum absolute atomic E-state index is 13.9. The molecule has 3 amide bonds. The van der Waals surface area contributed by atoms with Crippen molar-refractivity contribution in [2.75, 3.05) is 26.2 Å². The molecule has 0 aromatic heterocycles. The molecular weight excluding hydrogens is 445 g/mol. The van der Waals surface area contributed by atoms with Gasteiger partial charge in [-0.15, -0.1) is 0 Å². The first-order chi connectivity index (χ1) is 16.7. The van der Waals surface area contributed by atoms with Crippen LogP contribution in [0.3, 0.4) is 0 Å². The second-order valence-corrected chi connectivity index (χ2v) is 10.3. The number of nitrogens with zero attached hydrogens (tertiary/aromatic N) is 3. The van der Waals surface area contributed by atoms with Gasteiger partial charge in [-0.1, -0.05) is 18.2 Å². The van der Waals surface area contributed by atoms with Crippen LogP contribution in [-0.4, -0.2) is 70.2 Å². The number of carbonyl (C=O) groups excluding carboxylic acids is 3. The molecule has 3 aliphatic rings. The third-order valence-electron chi connectivity index (χ3n) is 8.00. The maximum atomic E-state index is 13.9. The zero-order valence-corrected chi connectivity index (χ0v) is 20.6. The van der Waals surface area contributed by atoms with Crippen LogP contribution in [0, 0.1) is 12.7 Å². The molecule has 184 valence electrons. The summed E-state index contributed by atoms with van der Waals surface area (Å²) in [5.74, 6) is -0.921. The van der Waals surface area contributed by atoms with E-state index in [2.05, 4.69) is 0 Å². The minimum atomic E-state index is -0.694. The van der Waals surface area contributed by atoms with Crippen molar-refractivity contribution < 1.29 is 18.8 Å². The van der Waals surface area contributed by atoms with Crippen LogP contribution in [0.5, 0.6) is 0 Å². The number of hydrogen-bond acceptors (Lipinski definition) is 3. The monoisotopic (exact) mass is 477 g/mol. The zero-order valence-electron chi connectivity index (χ0n) is 20.6. The predicted octanol–water partition coefficient (Wildman–Crippen LogP) is 3.99. The van der Waals surface area contributed by atoms with Gasteiger partial charge in [-0.05, 0) is 75.4 Å². The Kier molecular flexibility index (Phi) is 5.90. The molecule has 2 aromatic carbocycles. The molecule has 0 radical (unpaired) electrons. The first kappa shape index (κ1) is 23.5. The Morgan fingerprint density at radius 2 is 1.69 bits per heavy atom. The predicted molar refractivity (Wildman–Crippen MR) is 131 cm³/mol. The van der Waals surface area contributed by atoms with Crippen LogP contribution in [0.1, 0.15) is 70.9 Å². The van der Waals surface area contributed by atoms with Crippen molar-refractivity contribution in [3.05, 3.63) is 70.5 Å². The van der Waals surface area contributed by atoms with Gasteiger partial charge in [-0.2, -0.15) is 0 Å². The van der Waals surface area contributed by atoms with Crippen LogP contribution in [0.2, 0.25) is 0 Å². The van der Waals surface area contributed by atoms with E-state index in [1.807, 2.05) is 47.9 Å². The number of hydrogen-bond donors (Lipinski definition) is 0. The van der Waals surface area contributed by atoms with Crippen molar-refractivity contribution in [1.29, 1.82) is 0 Å². The lowest BCUT2D eigenvalue weighted by atomic mass is 9.66. The molecule has 3 heterocycles. The molecule has 1 atom stereocenters. The molecule has 0 bridgehead atoms. The Labute approximate surface area is 205 Å². The summed E-state index contributed by atoms with van der Waals surface area (Å²) in [6, 6.07) is 11.6. The van der Waals surface area contributed by atoms with Gasteiger partial charge in [0.1, 0.15) is 5.82 Å². The third kappa shape index (κ3) is 3.72. The van der Waals surface area contributed by atoms with Gasteiger partial charge in [0.2, 0.25) is 5.91 Å². The van der Waals surface area contributed by atoms with E-state index in [-0.39, 0.29) is 29.6 Å². The molecule has 2 aromatic rings. The van der Waals surface area contributed by atoms with Crippen molar-refractivity contribution in [3.8, 4) is 0 Å². The van der Waals surface area contributed by atoms with Crippen LogP contribution >= 0.6 is 0 Å². The number of carbonyl (C=O) groups is 3. The normalized spacial score (nSPS) is 21.2. The first-order valence-electron chi connectivity index (χ1n) is 12.5. The number of aryl methyl sites for hydroxylation is 1. The van der Waals surface area contributed by atoms with E-state index in [1.165, 1.54) is 18.2 Å². The quantitative estimate of drug-likeness (QED) is 0.672. The van der Waals surface area contributed by atoms with Gasteiger partial charge in [0.05, 0.1) is 11.5 Å². The van der Waals surface area contributed by atoms with Gasteiger partial charge < -0.3 is 14.7 Å². The summed E-state index contributed by atoms with van der Waals surface area (Å²) in [5.41, 5.74) is 1.81. The van der Waals surface area contributed by atoms with Crippen LogP contribution < -0.4 is 0 Å². The van der Waals surface area contributed by atoms with Gasteiger partial charge in [0.15, 0.2) is 0 Å². The highest BCUT2D eigenvalue weighted by atomic mass is 19.1. The standard InChI is InChI=1S/C28H32FN3O3/c1-18(2)32-26(34)23-8-5-4-7-22(23)24(27(35)30-13-6-14-30)28(32)11-15-31(16-12-28)25(33)21-10-9-20(29)17-19(21)3/h4-5,7-10,17-18,24H,6,11-16H2,1-3H3. The van der Waals surface area contributed by atoms with Crippen molar-refractivity contribution in [1.82, 2.24) is 14.7 Å². The van der Waals surface area contributed by atoms with Gasteiger partial charge in [-0.25, -0.2) is 4.39 Å². The van der Waals surface area contributed by atoms with Crippen molar-refractivity contribution in [2.24, 2.45) is 0 Å². The van der Waals surface area contributed by atoms with Crippen molar-refractivity contribution in [2.45, 2.75) is 57.5 Å². The minimum absolute atomic E-state index is 0.0441. The number of benzene rings is 2. The number of rotatable bonds is 3. The molecule has 0 saturated carbocycles. The Bertz CT molecular complexity index is 1180. The van der Waals surface area contributed by atoms with E-state index in [0.29, 0.717) is 42.6 Å². The molecule has 6 nitrogen and oxygen atoms in total. The summed E-state index contributed by atoms with van der Waals surface area (Å²) < 4.78 is 13.6. The third-order valence-corrected chi connectivity index (χ3v) is 8.00. The van der Waals surface area contributed by atoms with E-state index >= 15 is 0 Å². The van der Waals surface area contributed by atoms with E-state index in [4.69, 9.17) is 0 Å². The molecule has 2 fully saturated rings. The average Bonchev–Trinajstić information content (AvgIpc) is 2.78. The summed E-state index contributed by atoms with van der Waals surface area (Å²) in [4.78, 5) is 46.5. The molecule has 1 spiro atoms. The smallest absolute Gasteiger partial charge is 0.254 e. The summed E-state index contributed by atoms with van der Waals surface area (Å²) in [7, 11) is 0. The van der Waals surface area contributed by atoms with E-state index in [0.717, 1.165) is 25.1 Å². The number of fused-ring (bicyclic) bond motifs is 1. The SMILES string of the molecule is Cc1cc(F)ccc1C(=O)N1CCC2(CC1)C(C(=O)N1CCC1)c1ccccc1C(=O)N2C(C)C. The molecule has 0 N–H and O–H groups in total. The van der Waals surface area contributed by atoms with Gasteiger partial charge in [0.25, 0.3) is 11.8 Å². The fraction of sp³-hybridized carbons (Fsp3) is 0.464. The topological polar surface area (TPSA) is 60.9 Å². The van der Waals surface area contributed by atoms with Crippen LogP contribution in [0.4, 0.5) is 4.39 Å². The van der Waals surface area contributed by atoms with Gasteiger partial charge >= 0.3 is 0 Å². The van der Waals surface area contributed by atoms with Crippen LogP contribution in [-0.2, 0) is 4.79 Å². The Morgan fingerprint density at radius 3 is 2.29 bits per heavy atom. The van der Waals surface area contributed by atoms with Gasteiger partial charge in [0, 0.05) is 43.3 Å². The van der Waals surface area contributed by atoms with E-state index < -0.39 is 11.5 Å². The molecule has 5 rings (SSSR count). The minimum Gasteiger partial charge on any atom is -0.342 e. The molecule has 7 heteroatoms. The summed E-state index contributed by atoms with van der Waals surface area (Å²) >= 11 is 0. The number of halogens is 1. The molecule has 1 unspecified atom stereocenters. The fourth-order valence-electron chi connectivity index (χ4n) is 6.20. The fourth-order valence-corrected chi connectivity index (χ4v) is 6.20. The second kappa shape index (κ2) is 8.77. The lowest BCUT2D eigenvalue weighted by Gasteiger charge is -2.57. The first-order valence-corrected chi connectivity index (χ1v) is 12.5. The Balaban J connectivity index is 1.52. The molecule has 3 aliphatic heterocycles. The van der Waals surface area contributed by atoms with Gasteiger partial charge in [-0.3, -0.25) is 14.4 Å². The molecule has 0 aliphatic carbocycles. The Hall–Kier alpha value is -3.22. The van der Waals surface area contributed by atoms with Crippen LogP contribution in [0.25, 0.3) is 0 Å². The second-order valence-electron chi connectivity index (χ2n) is 10.3. The lowest BCUT2D eigenvalue weighted by molar-refractivity contribution is -0.142. The maximum Gasteiger partial charge on any atom is 0.254 e. The summed E-state index contributed by atoms with van der Waals surface area (Å²) in [6.07, 6.45) is 2.03. The zero-order chi connectivity index (χ0) is 24.9. The summed E-state index contributed by atoms with van der Waals surface area (Å²) in [6.45, 7) is 8.09. The number of piperidine rings is 1. The highest BCUT2D eigenvalue weighted by Crippen LogP contribution is 2.49. The van der Waals surface area contributed by atoms with E-state index in [9.17, 15) is 18.8 Å². The van der Waals surface area contributed by atoms with Crippen LogP contribution in [0.15, 0.2) is 42.5 Å². The van der Waals surface area contributed by atoms with E-state index in [1.54, 1.807) is 11.8 Å². The highest BCUT2D eigenvalue weighted by molar-refractivity contribution is 6.02. The average molecular weight is 478 g/mol. The molecule has 35 heavy (non-hydrogen) atoms. The molecular formula is C28H32FN3O3.